The van der Waals surface area contributed by atoms with Crippen molar-refractivity contribution in [3.05, 3.63) is 59.2 Å². The summed E-state index contributed by atoms with van der Waals surface area (Å²) in [5.41, 5.74) is 2.70. The number of nitrogens with zero attached hydrogens (tertiary/aromatic N) is 2. The zero-order valence-corrected chi connectivity index (χ0v) is 23.0. The predicted molar refractivity (Wildman–Crippen MR) is 149 cm³/mol. The normalized spacial score (nSPS) is 24.7. The van der Waals surface area contributed by atoms with Gasteiger partial charge in [-0.15, -0.1) is 0 Å². The molecule has 4 rings (SSSR count). The molecule has 8 heteroatoms. The third-order valence-corrected chi connectivity index (χ3v) is 8.05. The van der Waals surface area contributed by atoms with Crippen molar-refractivity contribution < 1.29 is 17.9 Å². The minimum atomic E-state index is -4.34. The molecule has 1 heterocycles. The summed E-state index contributed by atoms with van der Waals surface area (Å²) < 4.78 is 45.9. The maximum Gasteiger partial charge on any atom is 0.416 e. The van der Waals surface area contributed by atoms with Gasteiger partial charge in [0.15, 0.2) is 0 Å². The van der Waals surface area contributed by atoms with Crippen molar-refractivity contribution in [2.24, 2.45) is 0 Å². The van der Waals surface area contributed by atoms with E-state index < -0.39 is 11.7 Å². The van der Waals surface area contributed by atoms with Crippen LogP contribution in [0.3, 0.4) is 0 Å². The van der Waals surface area contributed by atoms with Gasteiger partial charge in [-0.1, -0.05) is 36.0 Å². The molecule has 0 amide bonds. The molecule has 0 spiro atoms. The Balaban J connectivity index is 1.23. The number of aryl methyl sites for hydroxylation is 2. The minimum absolute atomic E-state index is 0.126. The number of thiocarbonyl (C=S) groups is 1. The van der Waals surface area contributed by atoms with E-state index in [1.54, 1.807) is 6.07 Å². The SMILES string of the molecule is Cc1ccc(N2C[C@H](C)N(C(=S)COC3CCC(Nc4ccc(C)c(C(F)(F)F)c4)CC3)C[C@H]2C)cc1. The number of piperazine rings is 1. The average molecular weight is 534 g/mol. The second-order valence-electron chi connectivity index (χ2n) is 10.7. The van der Waals surface area contributed by atoms with Gasteiger partial charge >= 0.3 is 6.18 Å². The van der Waals surface area contributed by atoms with Gasteiger partial charge in [-0.3, -0.25) is 0 Å². The third kappa shape index (κ3) is 6.96. The molecule has 1 aliphatic heterocycles. The number of benzene rings is 2. The summed E-state index contributed by atoms with van der Waals surface area (Å²) in [6.07, 6.45) is -0.767. The largest absolute Gasteiger partial charge is 0.416 e. The van der Waals surface area contributed by atoms with Crippen molar-refractivity contribution in [2.75, 3.05) is 29.9 Å². The number of alkyl halides is 3. The van der Waals surface area contributed by atoms with Crippen LogP contribution in [0.5, 0.6) is 0 Å². The van der Waals surface area contributed by atoms with Crippen LogP contribution in [0.25, 0.3) is 0 Å². The lowest BCUT2D eigenvalue weighted by Gasteiger charge is -2.46. The highest BCUT2D eigenvalue weighted by Gasteiger charge is 2.33. The van der Waals surface area contributed by atoms with Crippen LogP contribution in [0.4, 0.5) is 24.5 Å². The first-order chi connectivity index (χ1) is 17.5. The Hall–Kier alpha value is -2.32. The molecule has 202 valence electrons. The Bertz CT molecular complexity index is 1070. The van der Waals surface area contributed by atoms with E-state index in [-0.39, 0.29) is 17.7 Å². The molecule has 2 aromatic carbocycles. The Morgan fingerprint density at radius 2 is 1.65 bits per heavy atom. The van der Waals surface area contributed by atoms with E-state index in [1.807, 2.05) is 0 Å². The highest BCUT2D eigenvalue weighted by molar-refractivity contribution is 7.80. The van der Waals surface area contributed by atoms with Gasteiger partial charge in [-0.05, 0) is 83.2 Å². The van der Waals surface area contributed by atoms with Gasteiger partial charge in [0, 0.05) is 42.6 Å². The first kappa shape index (κ1) is 27.7. The smallest absolute Gasteiger partial charge is 0.382 e. The van der Waals surface area contributed by atoms with Gasteiger partial charge < -0.3 is 19.9 Å². The van der Waals surface area contributed by atoms with E-state index in [9.17, 15) is 13.2 Å². The molecule has 2 aromatic rings. The summed E-state index contributed by atoms with van der Waals surface area (Å²) in [5, 5.41) is 3.29. The van der Waals surface area contributed by atoms with Crippen molar-refractivity contribution >= 4 is 28.6 Å². The van der Waals surface area contributed by atoms with Crippen LogP contribution in [-0.2, 0) is 10.9 Å². The molecule has 0 unspecified atom stereocenters. The number of ether oxygens (including phenoxy) is 1. The Kier molecular flexibility index (Phi) is 8.69. The number of hydrogen-bond acceptors (Lipinski definition) is 4. The molecule has 0 radical (unpaired) electrons. The second kappa shape index (κ2) is 11.6. The standard InChI is InChI=1S/C29H38F3N3OS/c1-19-5-11-25(12-6-19)34-16-22(4)35(17-21(34)3)28(37)18-36-26-13-9-23(10-14-26)33-24-8-7-20(2)27(15-24)29(30,31)32/h5-8,11-12,15,21-23,26,33H,9-10,13-14,16-18H2,1-4H3/t21-,22+,23?,26?/m1/s1. The second-order valence-corrected chi connectivity index (χ2v) is 11.2. The highest BCUT2D eigenvalue weighted by atomic mass is 32.1. The Labute approximate surface area is 224 Å². The van der Waals surface area contributed by atoms with Crippen LogP contribution in [0, 0.1) is 13.8 Å². The van der Waals surface area contributed by atoms with Gasteiger partial charge in [0.2, 0.25) is 0 Å². The zero-order valence-electron chi connectivity index (χ0n) is 22.1. The Morgan fingerprint density at radius 1 is 0.973 bits per heavy atom. The van der Waals surface area contributed by atoms with Gasteiger partial charge in [-0.25, -0.2) is 0 Å². The Morgan fingerprint density at radius 3 is 2.30 bits per heavy atom. The fourth-order valence-electron chi connectivity index (χ4n) is 5.47. The molecule has 1 aliphatic carbocycles. The van der Waals surface area contributed by atoms with Gasteiger partial charge in [-0.2, -0.15) is 13.2 Å². The van der Waals surface area contributed by atoms with Crippen molar-refractivity contribution in [1.82, 2.24) is 4.90 Å². The predicted octanol–water partition coefficient (Wildman–Crippen LogP) is 6.99. The van der Waals surface area contributed by atoms with Crippen LogP contribution in [0.1, 0.15) is 56.2 Å². The van der Waals surface area contributed by atoms with Crippen LogP contribution >= 0.6 is 12.2 Å². The summed E-state index contributed by atoms with van der Waals surface area (Å²) in [5.74, 6) is 0. The summed E-state index contributed by atoms with van der Waals surface area (Å²) in [7, 11) is 0. The molecular formula is C29H38F3N3OS. The molecule has 4 nitrogen and oxygen atoms in total. The lowest BCUT2D eigenvalue weighted by atomic mass is 9.92. The molecule has 0 aromatic heterocycles. The van der Waals surface area contributed by atoms with Crippen molar-refractivity contribution in [3.63, 3.8) is 0 Å². The van der Waals surface area contributed by atoms with Crippen molar-refractivity contribution in [3.8, 4) is 0 Å². The molecule has 2 atom stereocenters. The first-order valence-corrected chi connectivity index (χ1v) is 13.6. The number of anilines is 2. The lowest BCUT2D eigenvalue weighted by Crippen LogP contribution is -2.58. The minimum Gasteiger partial charge on any atom is -0.382 e. The average Bonchev–Trinajstić information content (AvgIpc) is 2.85. The maximum absolute atomic E-state index is 13.2. The quantitative estimate of drug-likeness (QED) is 0.404. The molecular weight excluding hydrogens is 495 g/mol. The summed E-state index contributed by atoms with van der Waals surface area (Å²) >= 11 is 5.79. The third-order valence-electron chi connectivity index (χ3n) is 7.70. The molecule has 1 saturated carbocycles. The van der Waals surface area contributed by atoms with E-state index in [4.69, 9.17) is 17.0 Å². The van der Waals surface area contributed by atoms with Crippen LogP contribution < -0.4 is 10.2 Å². The zero-order chi connectivity index (χ0) is 26.7. The summed E-state index contributed by atoms with van der Waals surface area (Å²) in [6, 6.07) is 14.0. The molecule has 1 saturated heterocycles. The highest BCUT2D eigenvalue weighted by Crippen LogP contribution is 2.34. The number of rotatable bonds is 6. The topological polar surface area (TPSA) is 27.7 Å². The molecule has 2 fully saturated rings. The number of hydrogen-bond donors (Lipinski definition) is 1. The van der Waals surface area contributed by atoms with E-state index in [0.29, 0.717) is 24.4 Å². The maximum atomic E-state index is 13.2. The number of halogens is 3. The fourth-order valence-corrected chi connectivity index (χ4v) is 5.79. The van der Waals surface area contributed by atoms with E-state index in [2.05, 4.69) is 60.2 Å². The van der Waals surface area contributed by atoms with E-state index >= 15 is 0 Å². The van der Waals surface area contributed by atoms with Crippen molar-refractivity contribution in [1.29, 1.82) is 0 Å². The molecule has 2 aliphatic rings. The lowest BCUT2D eigenvalue weighted by molar-refractivity contribution is -0.138. The summed E-state index contributed by atoms with van der Waals surface area (Å²) in [6.45, 7) is 10.3. The van der Waals surface area contributed by atoms with Gasteiger partial charge in [0.25, 0.3) is 0 Å². The van der Waals surface area contributed by atoms with Crippen LogP contribution in [0.2, 0.25) is 0 Å². The fraction of sp³-hybridized carbons (Fsp3) is 0.552. The number of nitrogens with one attached hydrogen (secondary N) is 1. The van der Waals surface area contributed by atoms with Gasteiger partial charge in [0.1, 0.15) is 4.99 Å². The summed E-state index contributed by atoms with van der Waals surface area (Å²) in [4.78, 5) is 5.60. The molecule has 1 N–H and O–H groups in total. The van der Waals surface area contributed by atoms with Crippen LogP contribution in [-0.4, -0.2) is 53.8 Å². The van der Waals surface area contributed by atoms with Crippen molar-refractivity contribution in [2.45, 2.75) is 83.8 Å². The van der Waals surface area contributed by atoms with E-state index in [1.165, 1.54) is 30.3 Å². The first-order valence-electron chi connectivity index (χ1n) is 13.2. The monoisotopic (exact) mass is 533 g/mol. The van der Waals surface area contributed by atoms with Crippen LogP contribution in [0.15, 0.2) is 42.5 Å². The van der Waals surface area contributed by atoms with E-state index in [0.717, 1.165) is 43.8 Å². The molecule has 0 bridgehead atoms. The van der Waals surface area contributed by atoms with Gasteiger partial charge in [0.05, 0.1) is 18.3 Å². The molecule has 37 heavy (non-hydrogen) atoms.